The van der Waals surface area contributed by atoms with Gasteiger partial charge in [0.1, 0.15) is 6.61 Å². The second kappa shape index (κ2) is 6.18. The van der Waals surface area contributed by atoms with E-state index in [4.69, 9.17) is 4.74 Å². The van der Waals surface area contributed by atoms with Crippen molar-refractivity contribution in [3.63, 3.8) is 0 Å². The van der Waals surface area contributed by atoms with Gasteiger partial charge in [-0.05, 0) is 12.5 Å². The molecule has 0 amide bonds. The summed E-state index contributed by atoms with van der Waals surface area (Å²) in [6.45, 7) is 2.58. The predicted molar refractivity (Wildman–Crippen MR) is 83.0 cm³/mol. The van der Waals surface area contributed by atoms with Crippen LogP contribution < -0.4 is 4.74 Å². The number of aromatic nitrogens is 2. The smallest absolute Gasteiger partial charge is 0.159 e. The van der Waals surface area contributed by atoms with Crippen molar-refractivity contribution in [1.82, 2.24) is 9.97 Å². The zero-order valence-electron chi connectivity index (χ0n) is 11.9. The maximum absolute atomic E-state index is 5.68. The molecule has 3 nitrogen and oxygen atoms in total. The molecule has 3 heteroatoms. The molecule has 1 aromatic heterocycles. The molecule has 0 radical (unpaired) electrons. The first-order valence-electron chi connectivity index (χ1n) is 6.87. The Kier molecular flexibility index (Phi) is 3.92. The first-order valence-corrected chi connectivity index (χ1v) is 6.87. The van der Waals surface area contributed by atoms with Gasteiger partial charge in [-0.15, -0.1) is 0 Å². The van der Waals surface area contributed by atoms with Gasteiger partial charge in [-0.1, -0.05) is 60.2 Å². The molecule has 104 valence electrons. The Bertz CT molecular complexity index is 692. The maximum atomic E-state index is 5.68. The normalized spacial score (nSPS) is 10.3. The minimum Gasteiger partial charge on any atom is -0.486 e. The molecule has 0 bridgehead atoms. The molecule has 2 aromatic carbocycles. The van der Waals surface area contributed by atoms with E-state index in [9.17, 15) is 0 Å². The van der Waals surface area contributed by atoms with E-state index in [2.05, 4.69) is 29.0 Å². The van der Waals surface area contributed by atoms with Gasteiger partial charge in [-0.25, -0.2) is 9.97 Å². The van der Waals surface area contributed by atoms with Crippen molar-refractivity contribution in [2.24, 2.45) is 0 Å². The van der Waals surface area contributed by atoms with E-state index in [1.165, 1.54) is 5.56 Å². The van der Waals surface area contributed by atoms with Crippen molar-refractivity contribution in [2.45, 2.75) is 13.5 Å². The summed E-state index contributed by atoms with van der Waals surface area (Å²) in [5.74, 6) is 1.39. The largest absolute Gasteiger partial charge is 0.486 e. The van der Waals surface area contributed by atoms with Gasteiger partial charge in [-0.2, -0.15) is 0 Å². The number of nitrogens with zero attached hydrogens (tertiary/aromatic N) is 2. The third-order valence-corrected chi connectivity index (χ3v) is 3.19. The molecular formula is C18H16N2O. The zero-order valence-corrected chi connectivity index (χ0v) is 11.9. The second-order valence-corrected chi connectivity index (χ2v) is 4.88. The van der Waals surface area contributed by atoms with Crippen molar-refractivity contribution in [3.05, 3.63) is 78.1 Å². The van der Waals surface area contributed by atoms with E-state index < -0.39 is 0 Å². The highest BCUT2D eigenvalue weighted by Gasteiger charge is 2.02. The molecule has 0 aliphatic heterocycles. The lowest BCUT2D eigenvalue weighted by Gasteiger charge is -2.06. The predicted octanol–water partition coefficient (Wildman–Crippen LogP) is 4.03. The Labute approximate surface area is 124 Å². The third kappa shape index (κ3) is 3.45. The van der Waals surface area contributed by atoms with Gasteiger partial charge in [0.25, 0.3) is 0 Å². The molecule has 0 aliphatic rings. The molecule has 3 aromatic rings. The highest BCUT2D eigenvalue weighted by molar-refractivity contribution is 5.55. The number of ether oxygens (including phenoxy) is 1. The van der Waals surface area contributed by atoms with Gasteiger partial charge in [0.05, 0.1) is 12.4 Å². The average Bonchev–Trinajstić information content (AvgIpc) is 2.55. The number of aryl methyl sites for hydroxylation is 1. The van der Waals surface area contributed by atoms with E-state index in [0.717, 1.165) is 11.1 Å². The summed E-state index contributed by atoms with van der Waals surface area (Å²) in [6.07, 6.45) is 3.43. The molecule has 0 N–H and O–H groups in total. The highest BCUT2D eigenvalue weighted by Crippen LogP contribution is 2.17. The quantitative estimate of drug-likeness (QED) is 0.721. The van der Waals surface area contributed by atoms with Gasteiger partial charge in [0.2, 0.25) is 0 Å². The van der Waals surface area contributed by atoms with Crippen LogP contribution in [0.4, 0.5) is 0 Å². The number of hydrogen-bond acceptors (Lipinski definition) is 3. The Morgan fingerprint density at radius 3 is 2.19 bits per heavy atom. The van der Waals surface area contributed by atoms with Crippen LogP contribution in [0.3, 0.4) is 0 Å². The SMILES string of the molecule is Cc1ccc(-c2ncc(OCc3ccccc3)cn2)cc1. The Morgan fingerprint density at radius 1 is 0.857 bits per heavy atom. The summed E-state index contributed by atoms with van der Waals surface area (Å²) in [4.78, 5) is 8.71. The molecule has 0 aliphatic carbocycles. The number of hydrogen-bond donors (Lipinski definition) is 0. The van der Waals surface area contributed by atoms with Crippen LogP contribution in [0.25, 0.3) is 11.4 Å². The lowest BCUT2D eigenvalue weighted by atomic mass is 10.1. The van der Waals surface area contributed by atoms with Gasteiger partial charge in [0.15, 0.2) is 11.6 Å². The molecule has 0 saturated heterocycles. The van der Waals surface area contributed by atoms with E-state index in [1.807, 2.05) is 42.5 Å². The molecule has 0 unspecified atom stereocenters. The molecule has 3 rings (SSSR count). The van der Waals surface area contributed by atoms with Gasteiger partial charge < -0.3 is 4.74 Å². The molecule has 0 spiro atoms. The van der Waals surface area contributed by atoms with Crippen LogP contribution >= 0.6 is 0 Å². The fourth-order valence-corrected chi connectivity index (χ4v) is 1.98. The van der Waals surface area contributed by atoms with Crippen molar-refractivity contribution in [2.75, 3.05) is 0 Å². The first-order chi connectivity index (χ1) is 10.3. The van der Waals surface area contributed by atoms with Crippen molar-refractivity contribution < 1.29 is 4.74 Å². The van der Waals surface area contributed by atoms with Crippen LogP contribution in [0.15, 0.2) is 67.0 Å². The van der Waals surface area contributed by atoms with Gasteiger partial charge >= 0.3 is 0 Å². The Balaban J connectivity index is 1.68. The number of benzene rings is 2. The summed E-state index contributed by atoms with van der Waals surface area (Å²) in [6, 6.07) is 18.2. The van der Waals surface area contributed by atoms with E-state index in [1.54, 1.807) is 12.4 Å². The summed E-state index contributed by atoms with van der Waals surface area (Å²) in [5, 5.41) is 0. The average molecular weight is 276 g/mol. The highest BCUT2D eigenvalue weighted by atomic mass is 16.5. The Morgan fingerprint density at radius 2 is 1.52 bits per heavy atom. The van der Waals surface area contributed by atoms with Crippen LogP contribution in [-0.4, -0.2) is 9.97 Å². The zero-order chi connectivity index (χ0) is 14.5. The van der Waals surface area contributed by atoms with Crippen LogP contribution in [0.2, 0.25) is 0 Å². The van der Waals surface area contributed by atoms with Crippen LogP contribution in [0, 0.1) is 6.92 Å². The monoisotopic (exact) mass is 276 g/mol. The van der Waals surface area contributed by atoms with E-state index in [0.29, 0.717) is 18.2 Å². The standard InChI is InChI=1S/C18H16N2O/c1-14-7-9-16(10-8-14)18-19-11-17(12-20-18)21-13-15-5-3-2-4-6-15/h2-12H,13H2,1H3. The topological polar surface area (TPSA) is 35.0 Å². The molecule has 0 atom stereocenters. The fraction of sp³-hybridized carbons (Fsp3) is 0.111. The van der Waals surface area contributed by atoms with Crippen LogP contribution in [0.5, 0.6) is 5.75 Å². The second-order valence-electron chi connectivity index (χ2n) is 4.88. The van der Waals surface area contributed by atoms with Gasteiger partial charge in [0, 0.05) is 5.56 Å². The van der Waals surface area contributed by atoms with E-state index in [-0.39, 0.29) is 0 Å². The minimum atomic E-state index is 0.522. The summed E-state index contributed by atoms with van der Waals surface area (Å²) in [5.41, 5.74) is 3.36. The molecule has 0 fully saturated rings. The lowest BCUT2D eigenvalue weighted by Crippen LogP contribution is -1.97. The van der Waals surface area contributed by atoms with Crippen LogP contribution in [0.1, 0.15) is 11.1 Å². The molecule has 1 heterocycles. The fourth-order valence-electron chi connectivity index (χ4n) is 1.98. The van der Waals surface area contributed by atoms with E-state index >= 15 is 0 Å². The van der Waals surface area contributed by atoms with Crippen LogP contribution in [-0.2, 0) is 6.61 Å². The Hall–Kier alpha value is -2.68. The van der Waals surface area contributed by atoms with Gasteiger partial charge in [-0.3, -0.25) is 0 Å². The lowest BCUT2D eigenvalue weighted by molar-refractivity contribution is 0.303. The van der Waals surface area contributed by atoms with Crippen molar-refractivity contribution in [3.8, 4) is 17.1 Å². The van der Waals surface area contributed by atoms with Crippen molar-refractivity contribution >= 4 is 0 Å². The molecule has 21 heavy (non-hydrogen) atoms. The molecule has 0 saturated carbocycles. The first kappa shape index (κ1) is 13.3. The summed E-state index contributed by atoms with van der Waals surface area (Å²) in [7, 11) is 0. The molecular weight excluding hydrogens is 260 g/mol. The maximum Gasteiger partial charge on any atom is 0.159 e. The summed E-state index contributed by atoms with van der Waals surface area (Å²) >= 11 is 0. The minimum absolute atomic E-state index is 0.522. The number of rotatable bonds is 4. The third-order valence-electron chi connectivity index (χ3n) is 3.19. The summed E-state index contributed by atoms with van der Waals surface area (Å²) < 4.78 is 5.68. The van der Waals surface area contributed by atoms with Crippen molar-refractivity contribution in [1.29, 1.82) is 0 Å².